The number of halogens is 3. The molecule has 0 unspecified atom stereocenters. The SMILES string of the molecule is Cc1cccc(-c2c(NC(=O)CC(C)(C)O)nn3ccc(C(F)(F)F)cc23)c1. The first-order valence-electron chi connectivity index (χ1n) is 8.63. The molecule has 0 aliphatic carbocycles. The molecule has 0 bridgehead atoms. The molecule has 3 rings (SSSR count). The number of aliphatic hydroxyl groups is 1. The van der Waals surface area contributed by atoms with Crippen LogP contribution < -0.4 is 5.32 Å². The second-order valence-electron chi connectivity index (χ2n) is 7.37. The van der Waals surface area contributed by atoms with Crippen LogP contribution in [0.4, 0.5) is 19.0 Å². The van der Waals surface area contributed by atoms with E-state index in [1.165, 1.54) is 24.6 Å². The highest BCUT2D eigenvalue weighted by Crippen LogP contribution is 2.36. The number of hydrogen-bond donors (Lipinski definition) is 2. The van der Waals surface area contributed by atoms with Gasteiger partial charge in [-0.05, 0) is 38.5 Å². The molecule has 1 amide bonds. The Morgan fingerprint density at radius 1 is 1.21 bits per heavy atom. The standard InChI is InChI=1S/C20H20F3N3O2/c1-12-5-4-6-13(9-12)17-15-10-14(20(21,22)23)7-8-26(15)25-18(17)24-16(27)11-19(2,3)28/h4-10,28H,11H2,1-3H3,(H,24,25,27). The number of amides is 1. The lowest BCUT2D eigenvalue weighted by molar-refractivity contribution is -0.137. The van der Waals surface area contributed by atoms with Gasteiger partial charge in [-0.2, -0.15) is 13.2 Å². The second kappa shape index (κ2) is 6.94. The predicted molar refractivity (Wildman–Crippen MR) is 99.9 cm³/mol. The van der Waals surface area contributed by atoms with Crippen LogP contribution in [0.25, 0.3) is 16.6 Å². The van der Waals surface area contributed by atoms with E-state index in [1.54, 1.807) is 12.1 Å². The lowest BCUT2D eigenvalue weighted by atomic mass is 10.0. The lowest BCUT2D eigenvalue weighted by Crippen LogP contribution is -2.27. The average Bonchev–Trinajstić information content (AvgIpc) is 2.88. The van der Waals surface area contributed by atoms with E-state index in [4.69, 9.17) is 0 Å². The van der Waals surface area contributed by atoms with Gasteiger partial charge >= 0.3 is 6.18 Å². The number of fused-ring (bicyclic) bond motifs is 1. The largest absolute Gasteiger partial charge is 0.416 e. The van der Waals surface area contributed by atoms with E-state index in [2.05, 4.69) is 10.4 Å². The van der Waals surface area contributed by atoms with Gasteiger partial charge in [0.2, 0.25) is 5.91 Å². The molecule has 0 radical (unpaired) electrons. The molecule has 1 aromatic carbocycles. The number of pyridine rings is 1. The van der Waals surface area contributed by atoms with Gasteiger partial charge in [-0.1, -0.05) is 29.8 Å². The highest BCUT2D eigenvalue weighted by molar-refractivity contribution is 5.99. The van der Waals surface area contributed by atoms with E-state index in [-0.39, 0.29) is 17.8 Å². The van der Waals surface area contributed by atoms with E-state index in [0.717, 1.165) is 17.7 Å². The number of hydrogen-bond acceptors (Lipinski definition) is 3. The van der Waals surface area contributed by atoms with Gasteiger partial charge in [0, 0.05) is 6.20 Å². The van der Waals surface area contributed by atoms with Crippen molar-refractivity contribution in [1.29, 1.82) is 0 Å². The van der Waals surface area contributed by atoms with Crippen LogP contribution in [-0.2, 0) is 11.0 Å². The maximum Gasteiger partial charge on any atom is 0.416 e. The van der Waals surface area contributed by atoms with Crippen LogP contribution in [0.1, 0.15) is 31.4 Å². The molecule has 148 valence electrons. The van der Waals surface area contributed by atoms with Crippen molar-refractivity contribution in [2.24, 2.45) is 0 Å². The fourth-order valence-corrected chi connectivity index (χ4v) is 2.96. The average molecular weight is 391 g/mol. The number of carbonyl (C=O) groups is 1. The van der Waals surface area contributed by atoms with Crippen LogP contribution in [0.3, 0.4) is 0 Å². The van der Waals surface area contributed by atoms with E-state index < -0.39 is 23.2 Å². The molecule has 8 heteroatoms. The Hall–Kier alpha value is -2.87. The summed E-state index contributed by atoms with van der Waals surface area (Å²) in [6.45, 7) is 4.85. The number of alkyl halides is 3. The molecule has 0 aliphatic rings. The van der Waals surface area contributed by atoms with Gasteiger partial charge in [-0.3, -0.25) is 4.79 Å². The molecule has 2 heterocycles. The monoisotopic (exact) mass is 391 g/mol. The molecule has 0 fully saturated rings. The summed E-state index contributed by atoms with van der Waals surface area (Å²) < 4.78 is 40.9. The van der Waals surface area contributed by atoms with Gasteiger partial charge in [0.05, 0.1) is 28.7 Å². The number of nitrogens with zero attached hydrogens (tertiary/aromatic N) is 2. The van der Waals surface area contributed by atoms with Crippen molar-refractivity contribution in [2.45, 2.75) is 39.0 Å². The number of benzene rings is 1. The van der Waals surface area contributed by atoms with Crippen LogP contribution in [0, 0.1) is 6.92 Å². The zero-order valence-electron chi connectivity index (χ0n) is 15.6. The Kier molecular flexibility index (Phi) is 4.93. The van der Waals surface area contributed by atoms with Gasteiger partial charge in [0.1, 0.15) is 0 Å². The Labute approximate surface area is 159 Å². The molecule has 0 spiro atoms. The Morgan fingerprint density at radius 2 is 1.93 bits per heavy atom. The minimum absolute atomic E-state index is 0.138. The molecule has 0 atom stereocenters. The Bertz CT molecular complexity index is 1030. The van der Waals surface area contributed by atoms with Crippen LogP contribution in [-0.4, -0.2) is 26.2 Å². The number of carbonyl (C=O) groups excluding carboxylic acids is 1. The molecular formula is C20H20F3N3O2. The van der Waals surface area contributed by atoms with Crippen LogP contribution in [0.15, 0.2) is 42.6 Å². The van der Waals surface area contributed by atoms with Crippen molar-refractivity contribution >= 4 is 17.2 Å². The molecule has 28 heavy (non-hydrogen) atoms. The van der Waals surface area contributed by atoms with E-state index in [1.807, 2.05) is 19.1 Å². The van der Waals surface area contributed by atoms with Crippen LogP contribution in [0.2, 0.25) is 0 Å². The maximum absolute atomic E-state index is 13.2. The topological polar surface area (TPSA) is 66.6 Å². The second-order valence-corrected chi connectivity index (χ2v) is 7.37. The van der Waals surface area contributed by atoms with Gasteiger partial charge in [-0.15, -0.1) is 5.10 Å². The molecule has 3 aromatic rings. The molecule has 0 saturated carbocycles. The zero-order chi connectivity index (χ0) is 20.7. The highest BCUT2D eigenvalue weighted by Gasteiger charge is 2.31. The van der Waals surface area contributed by atoms with E-state index in [9.17, 15) is 23.1 Å². The van der Waals surface area contributed by atoms with Gasteiger partial charge in [0.25, 0.3) is 0 Å². The molecule has 2 aromatic heterocycles. The van der Waals surface area contributed by atoms with Crippen molar-refractivity contribution in [1.82, 2.24) is 9.61 Å². The zero-order valence-corrected chi connectivity index (χ0v) is 15.6. The van der Waals surface area contributed by atoms with Crippen molar-refractivity contribution in [3.8, 4) is 11.1 Å². The molecule has 2 N–H and O–H groups in total. The van der Waals surface area contributed by atoms with Crippen LogP contribution >= 0.6 is 0 Å². The van der Waals surface area contributed by atoms with Crippen molar-refractivity contribution in [3.63, 3.8) is 0 Å². The smallest absolute Gasteiger partial charge is 0.390 e. The minimum Gasteiger partial charge on any atom is -0.390 e. The maximum atomic E-state index is 13.2. The molecule has 0 saturated heterocycles. The Morgan fingerprint density at radius 3 is 2.54 bits per heavy atom. The fraction of sp³-hybridized carbons (Fsp3) is 0.300. The summed E-state index contributed by atoms with van der Waals surface area (Å²) in [5.41, 5.74) is 0.127. The lowest BCUT2D eigenvalue weighted by Gasteiger charge is -2.16. The quantitative estimate of drug-likeness (QED) is 0.692. The summed E-state index contributed by atoms with van der Waals surface area (Å²) in [6, 6.07) is 9.14. The fourth-order valence-electron chi connectivity index (χ4n) is 2.96. The third-order valence-corrected chi connectivity index (χ3v) is 4.12. The Balaban J connectivity index is 2.17. The molecule has 0 aliphatic heterocycles. The third-order valence-electron chi connectivity index (χ3n) is 4.12. The molecular weight excluding hydrogens is 371 g/mol. The third kappa shape index (κ3) is 4.33. The summed E-state index contributed by atoms with van der Waals surface area (Å²) >= 11 is 0. The number of rotatable bonds is 4. The van der Waals surface area contributed by atoms with Gasteiger partial charge < -0.3 is 10.4 Å². The number of nitrogens with one attached hydrogen (secondary N) is 1. The first kappa shape index (κ1) is 19.9. The summed E-state index contributed by atoms with van der Waals surface area (Å²) in [5, 5.41) is 16.7. The van der Waals surface area contributed by atoms with E-state index in [0.29, 0.717) is 11.1 Å². The van der Waals surface area contributed by atoms with Gasteiger partial charge in [-0.25, -0.2) is 4.52 Å². The summed E-state index contributed by atoms with van der Waals surface area (Å²) in [5.74, 6) is -0.347. The number of aromatic nitrogens is 2. The molecule has 5 nitrogen and oxygen atoms in total. The van der Waals surface area contributed by atoms with Crippen molar-refractivity contribution in [3.05, 3.63) is 53.7 Å². The normalized spacial score (nSPS) is 12.4. The summed E-state index contributed by atoms with van der Waals surface area (Å²) in [7, 11) is 0. The summed E-state index contributed by atoms with van der Waals surface area (Å²) in [6.07, 6.45) is -3.47. The van der Waals surface area contributed by atoms with Gasteiger partial charge in [0.15, 0.2) is 5.82 Å². The summed E-state index contributed by atoms with van der Waals surface area (Å²) in [4.78, 5) is 12.3. The first-order chi connectivity index (χ1) is 12.9. The van der Waals surface area contributed by atoms with Crippen LogP contribution in [0.5, 0.6) is 0 Å². The van der Waals surface area contributed by atoms with Crippen molar-refractivity contribution in [2.75, 3.05) is 5.32 Å². The predicted octanol–water partition coefficient (Wildman–Crippen LogP) is 4.43. The first-order valence-corrected chi connectivity index (χ1v) is 8.63. The highest BCUT2D eigenvalue weighted by atomic mass is 19.4. The number of anilines is 1. The van der Waals surface area contributed by atoms with E-state index >= 15 is 0 Å². The van der Waals surface area contributed by atoms with Crippen molar-refractivity contribution < 1.29 is 23.1 Å². The number of aryl methyl sites for hydroxylation is 1. The minimum atomic E-state index is -4.50.